The predicted octanol–water partition coefficient (Wildman–Crippen LogP) is 0.194. The van der Waals surface area contributed by atoms with Crippen LogP contribution in [0.3, 0.4) is 0 Å². The third-order valence-corrected chi connectivity index (χ3v) is 2.79. The van der Waals surface area contributed by atoms with E-state index >= 15 is 0 Å². The second kappa shape index (κ2) is 5.25. The first-order chi connectivity index (χ1) is 7.17. The number of hydrogen-bond acceptors (Lipinski definition) is 4. The molecule has 1 aromatic heterocycles. The molecule has 1 atom stereocenters. The zero-order chi connectivity index (χ0) is 11.3. The Morgan fingerprint density at radius 1 is 1.53 bits per heavy atom. The number of aromatic amines is 1. The van der Waals surface area contributed by atoms with Crippen LogP contribution < -0.4 is 5.32 Å². The van der Waals surface area contributed by atoms with E-state index in [0.29, 0.717) is 6.42 Å². The minimum atomic E-state index is -0.621. The van der Waals surface area contributed by atoms with Crippen LogP contribution in [0.2, 0.25) is 0 Å². The number of hydrogen-bond donors (Lipinski definition) is 4. The van der Waals surface area contributed by atoms with Crippen LogP contribution in [0.15, 0.2) is 12.3 Å². The van der Waals surface area contributed by atoms with Gasteiger partial charge in [-0.3, -0.25) is 10.4 Å². The molecule has 0 aliphatic heterocycles. The lowest BCUT2D eigenvalue weighted by molar-refractivity contribution is 0.0788. The lowest BCUT2D eigenvalue weighted by Crippen LogP contribution is -2.52. The first-order valence-electron chi connectivity index (χ1n) is 5.16. The number of aliphatic hydroxyl groups is 2. The molecule has 0 bridgehead atoms. The van der Waals surface area contributed by atoms with Gasteiger partial charge in [0.1, 0.15) is 0 Å². The number of H-pyrrole nitrogens is 1. The monoisotopic (exact) mass is 213 g/mol. The molecule has 86 valence electrons. The molecule has 0 aliphatic carbocycles. The van der Waals surface area contributed by atoms with Gasteiger partial charge >= 0.3 is 0 Å². The molecule has 1 rings (SSSR count). The van der Waals surface area contributed by atoms with Gasteiger partial charge in [0.15, 0.2) is 0 Å². The lowest BCUT2D eigenvalue weighted by atomic mass is 9.97. The Kier molecular flexibility index (Phi) is 4.26. The van der Waals surface area contributed by atoms with Gasteiger partial charge in [-0.25, -0.2) is 0 Å². The fourth-order valence-electron chi connectivity index (χ4n) is 1.51. The van der Waals surface area contributed by atoms with Gasteiger partial charge in [-0.05, 0) is 19.4 Å². The molecule has 0 amide bonds. The standard InChI is InChI=1S/C10H19N3O2/c1-3-10(6-14,7-15)12-8(2)9-4-5-11-13-9/h4-5,8,12,14-15H,3,6-7H2,1-2H3,(H,11,13). The van der Waals surface area contributed by atoms with Gasteiger partial charge in [0, 0.05) is 12.2 Å². The van der Waals surface area contributed by atoms with Crippen molar-refractivity contribution in [2.24, 2.45) is 0 Å². The topological polar surface area (TPSA) is 81.2 Å². The molecule has 5 heteroatoms. The Hall–Kier alpha value is -0.910. The average molecular weight is 213 g/mol. The highest BCUT2D eigenvalue weighted by atomic mass is 16.3. The van der Waals surface area contributed by atoms with Crippen LogP contribution in [0.4, 0.5) is 0 Å². The number of aromatic nitrogens is 2. The van der Waals surface area contributed by atoms with Crippen molar-refractivity contribution in [2.45, 2.75) is 31.8 Å². The Morgan fingerprint density at radius 3 is 2.60 bits per heavy atom. The molecule has 15 heavy (non-hydrogen) atoms. The van der Waals surface area contributed by atoms with E-state index in [1.54, 1.807) is 6.20 Å². The summed E-state index contributed by atoms with van der Waals surface area (Å²) >= 11 is 0. The van der Waals surface area contributed by atoms with Crippen LogP contribution in [0, 0.1) is 0 Å². The summed E-state index contributed by atoms with van der Waals surface area (Å²) in [7, 11) is 0. The summed E-state index contributed by atoms with van der Waals surface area (Å²) in [6.45, 7) is 3.72. The summed E-state index contributed by atoms with van der Waals surface area (Å²) in [4.78, 5) is 0. The fourth-order valence-corrected chi connectivity index (χ4v) is 1.51. The number of nitrogens with one attached hydrogen (secondary N) is 2. The second-order valence-electron chi connectivity index (χ2n) is 3.83. The third-order valence-electron chi connectivity index (χ3n) is 2.79. The second-order valence-corrected chi connectivity index (χ2v) is 3.83. The van der Waals surface area contributed by atoms with Crippen molar-refractivity contribution >= 4 is 0 Å². The summed E-state index contributed by atoms with van der Waals surface area (Å²) in [5.41, 5.74) is 0.319. The maximum absolute atomic E-state index is 9.27. The molecule has 0 radical (unpaired) electrons. The Labute approximate surface area is 89.5 Å². The molecule has 5 nitrogen and oxygen atoms in total. The molecule has 0 fully saturated rings. The molecule has 1 unspecified atom stereocenters. The molecule has 0 saturated heterocycles. The maximum Gasteiger partial charge on any atom is 0.0650 e. The van der Waals surface area contributed by atoms with Crippen LogP contribution in [-0.2, 0) is 0 Å². The van der Waals surface area contributed by atoms with E-state index in [-0.39, 0.29) is 19.3 Å². The van der Waals surface area contributed by atoms with Crippen LogP contribution in [0.5, 0.6) is 0 Å². The first kappa shape index (κ1) is 12.2. The summed E-state index contributed by atoms with van der Waals surface area (Å²) in [6.07, 6.45) is 2.34. The van der Waals surface area contributed by atoms with Gasteiger partial charge in [0.2, 0.25) is 0 Å². The smallest absolute Gasteiger partial charge is 0.0650 e. The molecule has 0 aliphatic rings. The summed E-state index contributed by atoms with van der Waals surface area (Å²) in [6, 6.07) is 1.89. The third kappa shape index (κ3) is 2.77. The van der Waals surface area contributed by atoms with Crippen molar-refractivity contribution in [2.75, 3.05) is 13.2 Å². The fraction of sp³-hybridized carbons (Fsp3) is 0.700. The van der Waals surface area contributed by atoms with Crippen molar-refractivity contribution in [3.8, 4) is 0 Å². The molecule has 1 heterocycles. The average Bonchev–Trinajstić information content (AvgIpc) is 2.79. The highest BCUT2D eigenvalue weighted by Gasteiger charge is 2.28. The zero-order valence-corrected chi connectivity index (χ0v) is 9.20. The van der Waals surface area contributed by atoms with E-state index in [9.17, 15) is 10.2 Å². The van der Waals surface area contributed by atoms with Crippen LogP contribution in [-0.4, -0.2) is 39.2 Å². The Morgan fingerprint density at radius 2 is 2.20 bits per heavy atom. The van der Waals surface area contributed by atoms with E-state index in [2.05, 4.69) is 15.5 Å². The summed E-state index contributed by atoms with van der Waals surface area (Å²) in [5, 5.41) is 28.5. The highest BCUT2D eigenvalue weighted by Crippen LogP contribution is 2.16. The lowest BCUT2D eigenvalue weighted by Gasteiger charge is -2.32. The number of rotatable bonds is 6. The molecule has 4 N–H and O–H groups in total. The van der Waals surface area contributed by atoms with Crippen molar-refractivity contribution in [3.63, 3.8) is 0 Å². The van der Waals surface area contributed by atoms with Crippen molar-refractivity contribution < 1.29 is 10.2 Å². The van der Waals surface area contributed by atoms with Crippen molar-refractivity contribution in [1.29, 1.82) is 0 Å². The van der Waals surface area contributed by atoms with Gasteiger partial charge in [0.05, 0.1) is 24.4 Å². The highest BCUT2D eigenvalue weighted by molar-refractivity contribution is 5.05. The first-order valence-corrected chi connectivity index (χ1v) is 5.16. The molecule has 0 aromatic carbocycles. The number of nitrogens with zero attached hydrogens (tertiary/aromatic N) is 1. The number of aliphatic hydroxyl groups excluding tert-OH is 2. The van der Waals surface area contributed by atoms with Crippen LogP contribution in [0.25, 0.3) is 0 Å². The van der Waals surface area contributed by atoms with Crippen LogP contribution in [0.1, 0.15) is 32.0 Å². The Bertz CT molecular complexity index is 262. The van der Waals surface area contributed by atoms with Crippen LogP contribution >= 0.6 is 0 Å². The van der Waals surface area contributed by atoms with Gasteiger partial charge in [-0.15, -0.1) is 0 Å². The van der Waals surface area contributed by atoms with E-state index < -0.39 is 5.54 Å². The van der Waals surface area contributed by atoms with E-state index in [1.807, 2.05) is 19.9 Å². The van der Waals surface area contributed by atoms with Gasteiger partial charge in [0.25, 0.3) is 0 Å². The zero-order valence-electron chi connectivity index (χ0n) is 9.20. The predicted molar refractivity (Wildman–Crippen MR) is 57.3 cm³/mol. The normalized spacial score (nSPS) is 14.1. The van der Waals surface area contributed by atoms with Gasteiger partial charge < -0.3 is 10.2 Å². The van der Waals surface area contributed by atoms with Gasteiger partial charge in [-0.2, -0.15) is 5.10 Å². The summed E-state index contributed by atoms with van der Waals surface area (Å²) in [5.74, 6) is 0. The molecule has 0 spiro atoms. The van der Waals surface area contributed by atoms with Gasteiger partial charge in [-0.1, -0.05) is 6.92 Å². The molecular formula is C10H19N3O2. The Balaban J connectivity index is 2.66. The van der Waals surface area contributed by atoms with Crippen molar-refractivity contribution in [3.05, 3.63) is 18.0 Å². The van der Waals surface area contributed by atoms with Crippen molar-refractivity contribution in [1.82, 2.24) is 15.5 Å². The molecular weight excluding hydrogens is 194 g/mol. The quantitative estimate of drug-likeness (QED) is 0.544. The minimum absolute atomic E-state index is 0.0201. The van der Waals surface area contributed by atoms with E-state index in [1.165, 1.54) is 0 Å². The maximum atomic E-state index is 9.27. The largest absolute Gasteiger partial charge is 0.394 e. The molecule has 0 saturated carbocycles. The SMILES string of the molecule is CCC(CO)(CO)NC(C)c1ccn[nH]1. The molecule has 1 aromatic rings. The van der Waals surface area contributed by atoms with E-state index in [4.69, 9.17) is 0 Å². The minimum Gasteiger partial charge on any atom is -0.394 e. The van der Waals surface area contributed by atoms with E-state index in [0.717, 1.165) is 5.69 Å². The summed E-state index contributed by atoms with van der Waals surface area (Å²) < 4.78 is 0.